The summed E-state index contributed by atoms with van der Waals surface area (Å²) in [5, 5.41) is 3.49. The summed E-state index contributed by atoms with van der Waals surface area (Å²) in [6.07, 6.45) is 2.60. The van der Waals surface area contributed by atoms with Gasteiger partial charge in [-0.15, -0.1) is 11.3 Å². The van der Waals surface area contributed by atoms with Gasteiger partial charge in [-0.05, 0) is 52.2 Å². The molecule has 108 valence electrons. The predicted octanol–water partition coefficient (Wildman–Crippen LogP) is 2.52. The topological polar surface area (TPSA) is 18.5 Å². The minimum atomic E-state index is 0.759. The lowest BCUT2D eigenvalue weighted by molar-refractivity contribution is 0.145. The molecule has 0 atom stereocenters. The van der Waals surface area contributed by atoms with E-state index in [1.54, 1.807) is 11.3 Å². The first kappa shape index (κ1) is 15.3. The third-order valence-electron chi connectivity index (χ3n) is 3.88. The van der Waals surface area contributed by atoms with E-state index in [1.807, 2.05) is 6.07 Å². The number of piperidine rings is 1. The van der Waals surface area contributed by atoms with Crippen LogP contribution in [0.4, 0.5) is 0 Å². The van der Waals surface area contributed by atoms with Gasteiger partial charge >= 0.3 is 0 Å². The van der Waals surface area contributed by atoms with Gasteiger partial charge in [-0.25, -0.2) is 0 Å². The SMILES string of the molecule is CN1CCC(N(C)CCNCc2ccc(Cl)s2)CC1. The maximum Gasteiger partial charge on any atom is 0.0931 e. The summed E-state index contributed by atoms with van der Waals surface area (Å²) in [5.74, 6) is 0. The van der Waals surface area contributed by atoms with Crippen LogP contribution in [0.25, 0.3) is 0 Å². The number of hydrogen-bond donors (Lipinski definition) is 1. The molecule has 19 heavy (non-hydrogen) atoms. The average Bonchev–Trinajstić information content (AvgIpc) is 2.81. The lowest BCUT2D eigenvalue weighted by Crippen LogP contribution is -2.43. The molecule has 0 bridgehead atoms. The molecule has 1 fully saturated rings. The van der Waals surface area contributed by atoms with Gasteiger partial charge in [0.1, 0.15) is 0 Å². The van der Waals surface area contributed by atoms with Crippen molar-refractivity contribution in [1.82, 2.24) is 15.1 Å². The number of hydrogen-bond acceptors (Lipinski definition) is 4. The maximum atomic E-state index is 5.92. The molecule has 0 unspecified atom stereocenters. The van der Waals surface area contributed by atoms with Gasteiger partial charge < -0.3 is 15.1 Å². The molecule has 2 rings (SSSR count). The standard InChI is InChI=1S/C14H24ClN3S/c1-17-8-5-12(6-9-17)18(2)10-7-16-11-13-3-4-14(15)19-13/h3-4,12,16H,5-11H2,1-2H3. The van der Waals surface area contributed by atoms with Crippen molar-refractivity contribution in [3.05, 3.63) is 21.3 Å². The number of rotatable bonds is 6. The van der Waals surface area contributed by atoms with Crippen molar-refractivity contribution in [1.29, 1.82) is 0 Å². The van der Waals surface area contributed by atoms with E-state index < -0.39 is 0 Å². The highest BCUT2D eigenvalue weighted by atomic mass is 35.5. The third kappa shape index (κ3) is 5.04. The van der Waals surface area contributed by atoms with Gasteiger partial charge in [0.15, 0.2) is 0 Å². The molecule has 5 heteroatoms. The molecule has 0 radical (unpaired) electrons. The van der Waals surface area contributed by atoms with Crippen LogP contribution in [0.3, 0.4) is 0 Å². The molecule has 2 heterocycles. The quantitative estimate of drug-likeness (QED) is 0.815. The van der Waals surface area contributed by atoms with Crippen molar-refractivity contribution in [2.24, 2.45) is 0 Å². The number of nitrogens with zero attached hydrogens (tertiary/aromatic N) is 2. The van der Waals surface area contributed by atoms with Crippen molar-refractivity contribution < 1.29 is 0 Å². The Kier molecular flexibility index (Phi) is 6.10. The zero-order valence-electron chi connectivity index (χ0n) is 11.9. The molecule has 0 spiro atoms. The fourth-order valence-corrected chi connectivity index (χ4v) is 3.59. The highest BCUT2D eigenvalue weighted by Gasteiger charge is 2.19. The zero-order valence-corrected chi connectivity index (χ0v) is 13.4. The van der Waals surface area contributed by atoms with Crippen LogP contribution in [-0.2, 0) is 6.54 Å². The lowest BCUT2D eigenvalue weighted by Gasteiger charge is -2.35. The van der Waals surface area contributed by atoms with Gasteiger partial charge in [-0.3, -0.25) is 0 Å². The Hall–Kier alpha value is -0.130. The number of likely N-dealkylation sites (N-methyl/N-ethyl adjacent to an activating group) is 1. The van der Waals surface area contributed by atoms with Gasteiger partial charge in [-0.2, -0.15) is 0 Å². The molecule has 0 aliphatic carbocycles. The highest BCUT2D eigenvalue weighted by molar-refractivity contribution is 7.16. The largest absolute Gasteiger partial charge is 0.311 e. The summed E-state index contributed by atoms with van der Waals surface area (Å²) in [6, 6.07) is 4.82. The minimum Gasteiger partial charge on any atom is -0.311 e. The Balaban J connectivity index is 1.60. The number of thiophene rings is 1. The Morgan fingerprint density at radius 1 is 1.42 bits per heavy atom. The Labute approximate surface area is 125 Å². The summed E-state index contributed by atoms with van der Waals surface area (Å²) in [7, 11) is 4.46. The predicted molar refractivity (Wildman–Crippen MR) is 84.2 cm³/mol. The molecule has 0 saturated carbocycles. The van der Waals surface area contributed by atoms with E-state index in [1.165, 1.54) is 30.8 Å². The van der Waals surface area contributed by atoms with E-state index in [4.69, 9.17) is 11.6 Å². The van der Waals surface area contributed by atoms with Crippen LogP contribution in [-0.4, -0.2) is 56.1 Å². The summed E-state index contributed by atoms with van der Waals surface area (Å²) in [5.41, 5.74) is 0. The molecule has 1 aliphatic rings. The van der Waals surface area contributed by atoms with Crippen LogP contribution in [0.2, 0.25) is 4.34 Å². The lowest BCUT2D eigenvalue weighted by atomic mass is 10.0. The van der Waals surface area contributed by atoms with Crippen LogP contribution < -0.4 is 5.32 Å². The highest BCUT2D eigenvalue weighted by Crippen LogP contribution is 2.20. The first-order chi connectivity index (χ1) is 9.15. The first-order valence-corrected chi connectivity index (χ1v) is 8.18. The summed E-state index contributed by atoms with van der Waals surface area (Å²) >= 11 is 7.57. The Morgan fingerprint density at radius 2 is 2.16 bits per heavy atom. The van der Waals surface area contributed by atoms with E-state index in [2.05, 4.69) is 35.3 Å². The number of halogens is 1. The van der Waals surface area contributed by atoms with Gasteiger partial charge in [0, 0.05) is 30.6 Å². The van der Waals surface area contributed by atoms with Gasteiger partial charge in [0.2, 0.25) is 0 Å². The summed E-state index contributed by atoms with van der Waals surface area (Å²) < 4.78 is 0.875. The first-order valence-electron chi connectivity index (χ1n) is 6.99. The van der Waals surface area contributed by atoms with Crippen LogP contribution in [0, 0.1) is 0 Å². The van der Waals surface area contributed by atoms with E-state index >= 15 is 0 Å². The second-order valence-electron chi connectivity index (χ2n) is 5.40. The van der Waals surface area contributed by atoms with Gasteiger partial charge in [-0.1, -0.05) is 11.6 Å². The van der Waals surface area contributed by atoms with E-state index in [-0.39, 0.29) is 0 Å². The maximum absolute atomic E-state index is 5.92. The average molecular weight is 302 g/mol. The molecule has 3 nitrogen and oxygen atoms in total. The number of nitrogens with one attached hydrogen (secondary N) is 1. The molecule has 1 N–H and O–H groups in total. The van der Waals surface area contributed by atoms with Gasteiger partial charge in [0.25, 0.3) is 0 Å². The molecule has 1 saturated heterocycles. The summed E-state index contributed by atoms with van der Waals surface area (Å²) in [6.45, 7) is 5.55. The van der Waals surface area contributed by atoms with Crippen LogP contribution >= 0.6 is 22.9 Å². The second-order valence-corrected chi connectivity index (χ2v) is 7.20. The van der Waals surface area contributed by atoms with Crippen molar-refractivity contribution in [2.75, 3.05) is 40.3 Å². The van der Waals surface area contributed by atoms with Crippen molar-refractivity contribution in [3.8, 4) is 0 Å². The van der Waals surface area contributed by atoms with Crippen molar-refractivity contribution >= 4 is 22.9 Å². The van der Waals surface area contributed by atoms with E-state index in [0.717, 1.165) is 30.0 Å². The fourth-order valence-electron chi connectivity index (χ4n) is 2.53. The zero-order chi connectivity index (χ0) is 13.7. The third-order valence-corrected chi connectivity index (χ3v) is 5.11. The van der Waals surface area contributed by atoms with Crippen LogP contribution in [0.1, 0.15) is 17.7 Å². The van der Waals surface area contributed by atoms with E-state index in [9.17, 15) is 0 Å². The molecule has 1 aromatic heterocycles. The second kappa shape index (κ2) is 7.60. The summed E-state index contributed by atoms with van der Waals surface area (Å²) in [4.78, 5) is 6.23. The molecule has 1 aromatic rings. The monoisotopic (exact) mass is 301 g/mol. The van der Waals surface area contributed by atoms with Crippen molar-refractivity contribution in [2.45, 2.75) is 25.4 Å². The number of likely N-dealkylation sites (tertiary alicyclic amines) is 1. The van der Waals surface area contributed by atoms with Gasteiger partial charge in [0.05, 0.1) is 4.34 Å². The smallest absolute Gasteiger partial charge is 0.0931 e. The van der Waals surface area contributed by atoms with E-state index in [0.29, 0.717) is 0 Å². The molecular weight excluding hydrogens is 278 g/mol. The normalized spacial score (nSPS) is 18.3. The molecule has 1 aliphatic heterocycles. The minimum absolute atomic E-state index is 0.759. The molecule has 0 aromatic carbocycles. The van der Waals surface area contributed by atoms with Crippen molar-refractivity contribution in [3.63, 3.8) is 0 Å². The molecular formula is C14H24ClN3S. The Morgan fingerprint density at radius 3 is 2.79 bits per heavy atom. The Bertz CT molecular complexity index is 375. The fraction of sp³-hybridized carbons (Fsp3) is 0.714. The molecule has 0 amide bonds. The van der Waals surface area contributed by atoms with Crippen LogP contribution in [0.5, 0.6) is 0 Å². The van der Waals surface area contributed by atoms with Crippen LogP contribution in [0.15, 0.2) is 12.1 Å².